The number of likely N-dealkylation sites (tertiary alicyclic amines) is 2. The summed E-state index contributed by atoms with van der Waals surface area (Å²) in [6, 6.07) is 0. The summed E-state index contributed by atoms with van der Waals surface area (Å²) in [5.74, 6) is -3.82. The lowest BCUT2D eigenvalue weighted by molar-refractivity contribution is -0.183. The van der Waals surface area contributed by atoms with Crippen molar-refractivity contribution in [3.05, 3.63) is 0 Å². The van der Waals surface area contributed by atoms with E-state index in [2.05, 4.69) is 0 Å². The second-order valence-corrected chi connectivity index (χ2v) is 6.10. The molecule has 6 heteroatoms. The highest BCUT2D eigenvalue weighted by atomic mass is 16.2. The van der Waals surface area contributed by atoms with Crippen LogP contribution in [0.4, 0.5) is 0 Å². The first-order chi connectivity index (χ1) is 9.25. The maximum atomic E-state index is 12.5. The summed E-state index contributed by atoms with van der Waals surface area (Å²) in [5.41, 5.74) is -0.947. The van der Waals surface area contributed by atoms with Gasteiger partial charge in [0.05, 0.1) is 0 Å². The van der Waals surface area contributed by atoms with Crippen LogP contribution in [0.25, 0.3) is 0 Å². The van der Waals surface area contributed by atoms with Gasteiger partial charge in [0, 0.05) is 19.0 Å². The molecule has 0 aliphatic carbocycles. The molecule has 110 valence electrons. The van der Waals surface area contributed by atoms with E-state index < -0.39 is 40.9 Å². The van der Waals surface area contributed by atoms with Crippen LogP contribution in [-0.4, -0.2) is 47.0 Å². The van der Waals surface area contributed by atoms with Gasteiger partial charge in [-0.1, -0.05) is 27.2 Å². The summed E-state index contributed by atoms with van der Waals surface area (Å²) in [5, 5.41) is 0. The third kappa shape index (κ3) is 1.77. The Morgan fingerprint density at radius 3 is 1.80 bits per heavy atom. The number of piperidine rings is 2. The third-order valence-corrected chi connectivity index (χ3v) is 4.40. The first-order valence-corrected chi connectivity index (χ1v) is 6.91. The molecule has 2 fully saturated rings. The van der Waals surface area contributed by atoms with Gasteiger partial charge < -0.3 is 0 Å². The highest BCUT2D eigenvalue weighted by Crippen LogP contribution is 2.46. The fourth-order valence-electron chi connectivity index (χ4n) is 3.10. The van der Waals surface area contributed by atoms with Gasteiger partial charge in [-0.15, -0.1) is 0 Å². The second kappa shape index (κ2) is 4.68. The van der Waals surface area contributed by atoms with Crippen molar-refractivity contribution < 1.29 is 19.2 Å². The molecule has 0 radical (unpaired) electrons. The van der Waals surface area contributed by atoms with E-state index in [1.165, 1.54) is 7.05 Å². The van der Waals surface area contributed by atoms with Crippen molar-refractivity contribution in [2.75, 3.05) is 13.6 Å². The fraction of sp³-hybridized carbons (Fsp3) is 0.714. The quantitative estimate of drug-likeness (QED) is 0.554. The van der Waals surface area contributed by atoms with Gasteiger partial charge in [0.15, 0.2) is 0 Å². The number of amides is 4. The van der Waals surface area contributed by atoms with Crippen LogP contribution in [0.1, 0.15) is 33.6 Å². The number of unbranched alkanes of at least 4 members (excludes halogenated alkanes) is 1. The maximum Gasteiger partial charge on any atom is 0.242 e. The standard InChI is InChI=1S/C14H20N2O4/c1-5-6-7-16-12(19)8-10(17)15(4)11(18)9(13(16)20)14(8,2)3/h8-9H,5-7H2,1-4H3. The highest BCUT2D eigenvalue weighted by molar-refractivity contribution is 6.22. The lowest BCUT2D eigenvalue weighted by Gasteiger charge is -2.50. The number of hydrogen-bond acceptors (Lipinski definition) is 4. The third-order valence-electron chi connectivity index (χ3n) is 4.40. The molecule has 0 N–H and O–H groups in total. The Balaban J connectivity index is 2.47. The van der Waals surface area contributed by atoms with Crippen molar-refractivity contribution in [1.82, 2.24) is 9.80 Å². The molecular formula is C14H20N2O4. The summed E-state index contributed by atoms with van der Waals surface area (Å²) in [7, 11) is 1.34. The zero-order valence-electron chi connectivity index (χ0n) is 12.3. The zero-order chi connectivity index (χ0) is 15.2. The Labute approximate surface area is 118 Å². The molecule has 2 aliphatic heterocycles. The Morgan fingerprint density at radius 1 is 0.950 bits per heavy atom. The summed E-state index contributed by atoms with van der Waals surface area (Å²) in [4.78, 5) is 51.5. The van der Waals surface area contributed by atoms with Crippen molar-refractivity contribution >= 4 is 23.6 Å². The van der Waals surface area contributed by atoms with Crippen LogP contribution in [0, 0.1) is 17.3 Å². The average Bonchev–Trinajstić information content (AvgIpc) is 2.35. The molecule has 0 saturated carbocycles. The summed E-state index contributed by atoms with van der Waals surface area (Å²) < 4.78 is 0. The zero-order valence-corrected chi connectivity index (χ0v) is 12.3. The number of imide groups is 2. The molecule has 6 nitrogen and oxygen atoms in total. The second-order valence-electron chi connectivity index (χ2n) is 6.10. The molecular weight excluding hydrogens is 260 g/mol. The van der Waals surface area contributed by atoms with Crippen molar-refractivity contribution in [2.45, 2.75) is 33.6 Å². The molecule has 2 unspecified atom stereocenters. The van der Waals surface area contributed by atoms with Gasteiger partial charge in [-0.05, 0) is 6.42 Å². The summed E-state index contributed by atoms with van der Waals surface area (Å²) >= 11 is 0. The summed E-state index contributed by atoms with van der Waals surface area (Å²) in [6.07, 6.45) is 1.51. The minimum atomic E-state index is -0.947. The van der Waals surface area contributed by atoms with Crippen molar-refractivity contribution in [3.63, 3.8) is 0 Å². The minimum absolute atomic E-state index is 0.279. The van der Waals surface area contributed by atoms with Gasteiger partial charge in [-0.3, -0.25) is 29.0 Å². The van der Waals surface area contributed by atoms with Crippen LogP contribution in [0.3, 0.4) is 0 Å². The Hall–Kier alpha value is -1.72. The predicted octanol–water partition coefficient (Wildman–Crippen LogP) is 0.412. The van der Waals surface area contributed by atoms with E-state index >= 15 is 0 Å². The molecule has 2 atom stereocenters. The van der Waals surface area contributed by atoms with Gasteiger partial charge in [0.2, 0.25) is 23.6 Å². The Kier molecular flexibility index (Phi) is 3.44. The smallest absolute Gasteiger partial charge is 0.242 e. The van der Waals surface area contributed by atoms with Gasteiger partial charge in [0.1, 0.15) is 11.8 Å². The molecule has 4 amide bonds. The van der Waals surface area contributed by atoms with Crippen LogP contribution in [0.2, 0.25) is 0 Å². The predicted molar refractivity (Wildman–Crippen MR) is 70.2 cm³/mol. The van der Waals surface area contributed by atoms with E-state index in [1.807, 2.05) is 6.92 Å². The minimum Gasteiger partial charge on any atom is -0.284 e. The fourth-order valence-corrected chi connectivity index (χ4v) is 3.10. The molecule has 2 rings (SSSR count). The maximum absolute atomic E-state index is 12.5. The molecule has 2 aliphatic rings. The van der Waals surface area contributed by atoms with Crippen molar-refractivity contribution in [3.8, 4) is 0 Å². The SMILES string of the molecule is CCCCN1C(=O)C2C(=O)N(C)C(=O)C(C1=O)C2(C)C. The molecule has 0 aromatic rings. The number of carbonyl (C=O) groups is 4. The van der Waals surface area contributed by atoms with Crippen LogP contribution >= 0.6 is 0 Å². The highest BCUT2D eigenvalue weighted by Gasteiger charge is 2.63. The largest absolute Gasteiger partial charge is 0.284 e. The molecule has 0 aromatic heterocycles. The van der Waals surface area contributed by atoms with Gasteiger partial charge in [-0.25, -0.2) is 0 Å². The number of rotatable bonds is 3. The van der Waals surface area contributed by atoms with E-state index in [9.17, 15) is 19.2 Å². The van der Waals surface area contributed by atoms with Crippen LogP contribution < -0.4 is 0 Å². The van der Waals surface area contributed by atoms with Gasteiger partial charge >= 0.3 is 0 Å². The number of fused-ring (bicyclic) bond motifs is 2. The van der Waals surface area contributed by atoms with Crippen LogP contribution in [0.15, 0.2) is 0 Å². The normalized spacial score (nSPS) is 29.2. The first kappa shape index (κ1) is 14.7. The molecule has 0 spiro atoms. The molecule has 2 saturated heterocycles. The molecule has 0 aromatic carbocycles. The molecule has 2 bridgehead atoms. The van der Waals surface area contributed by atoms with E-state index in [0.717, 1.165) is 16.2 Å². The number of hydrogen-bond donors (Lipinski definition) is 0. The average molecular weight is 280 g/mol. The van der Waals surface area contributed by atoms with Crippen LogP contribution in [-0.2, 0) is 19.2 Å². The first-order valence-electron chi connectivity index (χ1n) is 6.91. The van der Waals surface area contributed by atoms with Crippen molar-refractivity contribution in [1.29, 1.82) is 0 Å². The van der Waals surface area contributed by atoms with Gasteiger partial charge in [-0.2, -0.15) is 0 Å². The Bertz CT molecular complexity index is 459. The number of nitrogens with zero attached hydrogens (tertiary/aromatic N) is 2. The van der Waals surface area contributed by atoms with E-state index in [0.29, 0.717) is 6.42 Å². The lowest BCUT2D eigenvalue weighted by atomic mass is 9.62. The van der Waals surface area contributed by atoms with E-state index in [1.54, 1.807) is 13.8 Å². The van der Waals surface area contributed by atoms with E-state index in [4.69, 9.17) is 0 Å². The molecule has 2 heterocycles. The molecule has 20 heavy (non-hydrogen) atoms. The number of carbonyl (C=O) groups excluding carboxylic acids is 4. The van der Waals surface area contributed by atoms with E-state index in [-0.39, 0.29) is 6.54 Å². The van der Waals surface area contributed by atoms with Crippen molar-refractivity contribution in [2.24, 2.45) is 17.3 Å². The lowest BCUT2D eigenvalue weighted by Crippen LogP contribution is -2.69. The summed E-state index contributed by atoms with van der Waals surface area (Å²) in [6.45, 7) is 5.53. The Morgan fingerprint density at radius 2 is 1.40 bits per heavy atom. The van der Waals surface area contributed by atoms with Crippen LogP contribution in [0.5, 0.6) is 0 Å². The monoisotopic (exact) mass is 280 g/mol. The van der Waals surface area contributed by atoms with Gasteiger partial charge in [0.25, 0.3) is 0 Å². The topological polar surface area (TPSA) is 74.8 Å².